The number of aliphatic imine (C=N–C) groups is 1. The molecule has 0 saturated heterocycles. The van der Waals surface area contributed by atoms with Crippen LogP contribution >= 0.6 is 0 Å². The van der Waals surface area contributed by atoms with Crippen LogP contribution in [0.5, 0.6) is 0 Å². The first-order chi connectivity index (χ1) is 6.25. The van der Waals surface area contributed by atoms with Gasteiger partial charge in [-0.2, -0.15) is 0 Å². The Kier molecular flexibility index (Phi) is 3.50. The average Bonchev–Trinajstić information content (AvgIpc) is 2.15. The maximum absolute atomic E-state index is 3.90. The standard InChI is InChI=1S/C11H16N2/c1-9(2)10-6-4-5-7-11(10)13-8-12-3/h4-9H,1-3H3,(H,12,13). The van der Waals surface area contributed by atoms with Gasteiger partial charge in [-0.05, 0) is 17.5 Å². The molecular weight excluding hydrogens is 160 g/mol. The van der Waals surface area contributed by atoms with Gasteiger partial charge in [0.1, 0.15) is 0 Å². The number of benzene rings is 1. The Morgan fingerprint density at radius 2 is 2.00 bits per heavy atom. The van der Waals surface area contributed by atoms with Crippen LogP contribution in [0.1, 0.15) is 25.3 Å². The number of rotatable bonds is 3. The third kappa shape index (κ3) is 2.58. The molecule has 0 atom stereocenters. The second kappa shape index (κ2) is 4.65. The maximum Gasteiger partial charge on any atom is 0.0864 e. The van der Waals surface area contributed by atoms with E-state index in [4.69, 9.17) is 0 Å². The SMILES string of the molecule is CN=CNc1ccccc1C(C)C. The van der Waals surface area contributed by atoms with Gasteiger partial charge in [-0.1, -0.05) is 32.0 Å². The van der Waals surface area contributed by atoms with Crippen molar-refractivity contribution in [2.45, 2.75) is 19.8 Å². The third-order valence-corrected chi connectivity index (χ3v) is 1.93. The highest BCUT2D eigenvalue weighted by Crippen LogP contribution is 2.22. The molecule has 0 aromatic heterocycles. The van der Waals surface area contributed by atoms with Crippen molar-refractivity contribution >= 4 is 12.0 Å². The van der Waals surface area contributed by atoms with Crippen molar-refractivity contribution in [3.63, 3.8) is 0 Å². The smallest absolute Gasteiger partial charge is 0.0864 e. The van der Waals surface area contributed by atoms with Crippen LogP contribution < -0.4 is 5.32 Å². The Hall–Kier alpha value is -1.31. The summed E-state index contributed by atoms with van der Waals surface area (Å²) in [5.41, 5.74) is 2.46. The lowest BCUT2D eigenvalue weighted by Crippen LogP contribution is -2.00. The second-order valence-electron chi connectivity index (χ2n) is 3.27. The number of hydrogen-bond acceptors (Lipinski definition) is 1. The van der Waals surface area contributed by atoms with Crippen molar-refractivity contribution in [2.24, 2.45) is 4.99 Å². The van der Waals surface area contributed by atoms with Crippen LogP contribution in [0.3, 0.4) is 0 Å². The van der Waals surface area contributed by atoms with E-state index in [0.29, 0.717) is 5.92 Å². The van der Waals surface area contributed by atoms with Gasteiger partial charge in [0.15, 0.2) is 0 Å². The largest absolute Gasteiger partial charge is 0.347 e. The minimum Gasteiger partial charge on any atom is -0.347 e. The molecule has 0 aliphatic rings. The quantitative estimate of drug-likeness (QED) is 0.555. The summed E-state index contributed by atoms with van der Waals surface area (Å²) < 4.78 is 0. The summed E-state index contributed by atoms with van der Waals surface area (Å²) in [5, 5.41) is 3.15. The van der Waals surface area contributed by atoms with Crippen molar-refractivity contribution in [3.05, 3.63) is 29.8 Å². The highest BCUT2D eigenvalue weighted by Gasteiger charge is 2.03. The highest BCUT2D eigenvalue weighted by molar-refractivity contribution is 5.77. The van der Waals surface area contributed by atoms with Crippen molar-refractivity contribution < 1.29 is 0 Å². The summed E-state index contributed by atoms with van der Waals surface area (Å²) in [5.74, 6) is 0.536. The fourth-order valence-electron chi connectivity index (χ4n) is 1.27. The molecule has 0 saturated carbocycles. The van der Waals surface area contributed by atoms with Gasteiger partial charge >= 0.3 is 0 Å². The molecule has 0 amide bonds. The van der Waals surface area contributed by atoms with Crippen LogP contribution in [0, 0.1) is 0 Å². The Morgan fingerprint density at radius 3 is 2.62 bits per heavy atom. The maximum atomic E-state index is 3.90. The molecule has 0 unspecified atom stereocenters. The van der Waals surface area contributed by atoms with Crippen LogP contribution in [0.25, 0.3) is 0 Å². The molecule has 0 aliphatic heterocycles. The summed E-state index contributed by atoms with van der Waals surface area (Å²) in [6, 6.07) is 8.29. The van der Waals surface area contributed by atoms with E-state index in [9.17, 15) is 0 Å². The van der Waals surface area contributed by atoms with E-state index < -0.39 is 0 Å². The van der Waals surface area contributed by atoms with Gasteiger partial charge in [0.2, 0.25) is 0 Å². The fraction of sp³-hybridized carbons (Fsp3) is 0.364. The van der Waals surface area contributed by atoms with Gasteiger partial charge in [-0.3, -0.25) is 4.99 Å². The van der Waals surface area contributed by atoms with Crippen LogP contribution in [0.4, 0.5) is 5.69 Å². The van der Waals surface area contributed by atoms with E-state index in [1.54, 1.807) is 13.4 Å². The zero-order valence-corrected chi connectivity index (χ0v) is 8.41. The Morgan fingerprint density at radius 1 is 1.31 bits per heavy atom. The summed E-state index contributed by atoms with van der Waals surface area (Å²) >= 11 is 0. The lowest BCUT2D eigenvalue weighted by Gasteiger charge is -2.11. The van der Waals surface area contributed by atoms with Crippen molar-refractivity contribution in [3.8, 4) is 0 Å². The van der Waals surface area contributed by atoms with E-state index >= 15 is 0 Å². The van der Waals surface area contributed by atoms with Gasteiger partial charge in [-0.15, -0.1) is 0 Å². The molecule has 70 valence electrons. The second-order valence-corrected chi connectivity index (χ2v) is 3.27. The first kappa shape index (κ1) is 9.78. The molecule has 2 nitrogen and oxygen atoms in total. The predicted molar refractivity (Wildman–Crippen MR) is 58.6 cm³/mol. The zero-order valence-electron chi connectivity index (χ0n) is 8.41. The molecule has 13 heavy (non-hydrogen) atoms. The molecule has 0 heterocycles. The summed E-state index contributed by atoms with van der Waals surface area (Å²) in [7, 11) is 1.75. The van der Waals surface area contributed by atoms with Gasteiger partial charge in [0.25, 0.3) is 0 Å². The van der Waals surface area contributed by atoms with Crippen LogP contribution in [-0.4, -0.2) is 13.4 Å². The van der Waals surface area contributed by atoms with Crippen molar-refractivity contribution in [1.82, 2.24) is 0 Å². The minimum absolute atomic E-state index is 0.536. The average molecular weight is 176 g/mol. The molecule has 1 aromatic rings. The summed E-state index contributed by atoms with van der Waals surface area (Å²) in [6.07, 6.45) is 1.71. The lowest BCUT2D eigenvalue weighted by atomic mass is 10.0. The first-order valence-corrected chi connectivity index (χ1v) is 4.51. The molecule has 0 spiro atoms. The van der Waals surface area contributed by atoms with Crippen LogP contribution in [-0.2, 0) is 0 Å². The third-order valence-electron chi connectivity index (χ3n) is 1.93. The normalized spacial score (nSPS) is 11.1. The number of nitrogens with zero attached hydrogens (tertiary/aromatic N) is 1. The molecule has 1 rings (SSSR count). The Bertz CT molecular complexity index is 290. The number of nitrogens with one attached hydrogen (secondary N) is 1. The highest BCUT2D eigenvalue weighted by atomic mass is 14.9. The monoisotopic (exact) mass is 176 g/mol. The van der Waals surface area contributed by atoms with E-state index in [1.165, 1.54) is 5.56 Å². The lowest BCUT2D eigenvalue weighted by molar-refractivity contribution is 0.869. The van der Waals surface area contributed by atoms with Crippen molar-refractivity contribution in [1.29, 1.82) is 0 Å². The molecule has 0 bridgehead atoms. The Balaban J connectivity index is 2.91. The van der Waals surface area contributed by atoms with E-state index in [1.807, 2.05) is 6.07 Å². The molecule has 0 aliphatic carbocycles. The molecular formula is C11H16N2. The van der Waals surface area contributed by atoms with E-state index in [-0.39, 0.29) is 0 Å². The summed E-state index contributed by atoms with van der Waals surface area (Å²) in [4.78, 5) is 3.90. The number of para-hydroxylation sites is 1. The van der Waals surface area contributed by atoms with Gasteiger partial charge in [0.05, 0.1) is 6.34 Å². The van der Waals surface area contributed by atoms with Gasteiger partial charge in [-0.25, -0.2) is 0 Å². The van der Waals surface area contributed by atoms with Crippen molar-refractivity contribution in [2.75, 3.05) is 12.4 Å². The number of anilines is 1. The molecule has 0 radical (unpaired) electrons. The van der Waals surface area contributed by atoms with E-state index in [2.05, 4.69) is 42.4 Å². The molecule has 0 fully saturated rings. The summed E-state index contributed by atoms with van der Waals surface area (Å²) in [6.45, 7) is 4.37. The van der Waals surface area contributed by atoms with Gasteiger partial charge < -0.3 is 5.32 Å². The van der Waals surface area contributed by atoms with Crippen LogP contribution in [0.15, 0.2) is 29.3 Å². The predicted octanol–water partition coefficient (Wildman–Crippen LogP) is 2.88. The Labute approximate surface area is 79.7 Å². The number of hydrogen-bond donors (Lipinski definition) is 1. The zero-order chi connectivity index (χ0) is 9.68. The topological polar surface area (TPSA) is 24.4 Å². The van der Waals surface area contributed by atoms with E-state index in [0.717, 1.165) is 5.69 Å². The molecule has 2 heteroatoms. The molecule has 1 aromatic carbocycles. The minimum atomic E-state index is 0.536. The fourth-order valence-corrected chi connectivity index (χ4v) is 1.27. The first-order valence-electron chi connectivity index (χ1n) is 4.51. The molecule has 1 N–H and O–H groups in total. The van der Waals surface area contributed by atoms with Gasteiger partial charge in [0, 0.05) is 12.7 Å². The van der Waals surface area contributed by atoms with Crippen LogP contribution in [0.2, 0.25) is 0 Å².